The first-order chi connectivity index (χ1) is 14.6. The summed E-state index contributed by atoms with van der Waals surface area (Å²) in [5, 5.41) is 13.1. The summed E-state index contributed by atoms with van der Waals surface area (Å²) >= 11 is 0. The number of hydrogen-bond donors (Lipinski definition) is 1. The van der Waals surface area contributed by atoms with E-state index in [1.165, 1.54) is 0 Å². The second-order valence-corrected chi connectivity index (χ2v) is 6.83. The van der Waals surface area contributed by atoms with Gasteiger partial charge in [-0.05, 0) is 44.2 Å². The van der Waals surface area contributed by atoms with Gasteiger partial charge in [-0.2, -0.15) is 15.3 Å². The van der Waals surface area contributed by atoms with Gasteiger partial charge >= 0.3 is 0 Å². The highest BCUT2D eigenvalue weighted by Crippen LogP contribution is 2.21. The molecule has 0 saturated carbocycles. The van der Waals surface area contributed by atoms with Gasteiger partial charge in [-0.1, -0.05) is 18.2 Å². The first-order valence-electron chi connectivity index (χ1n) is 9.48. The van der Waals surface area contributed by atoms with Gasteiger partial charge in [-0.3, -0.25) is 14.5 Å². The summed E-state index contributed by atoms with van der Waals surface area (Å²) in [4.78, 5) is 16.3. The fourth-order valence-corrected chi connectivity index (χ4v) is 3.11. The van der Waals surface area contributed by atoms with Crippen LogP contribution in [0.25, 0.3) is 16.9 Å². The molecule has 0 saturated heterocycles. The predicted molar refractivity (Wildman–Crippen MR) is 114 cm³/mol. The molecule has 3 heterocycles. The van der Waals surface area contributed by atoms with Crippen LogP contribution in [0.2, 0.25) is 0 Å². The minimum absolute atomic E-state index is 0.109. The molecule has 8 nitrogen and oxygen atoms in total. The Morgan fingerprint density at radius 3 is 2.57 bits per heavy atom. The van der Waals surface area contributed by atoms with Crippen molar-refractivity contribution in [1.29, 1.82) is 0 Å². The molecule has 4 rings (SSSR count). The molecule has 0 bridgehead atoms. The van der Waals surface area contributed by atoms with Crippen molar-refractivity contribution in [2.75, 3.05) is 0 Å². The Kier molecular flexibility index (Phi) is 5.47. The van der Waals surface area contributed by atoms with Crippen LogP contribution in [0.15, 0.2) is 72.2 Å². The number of pyridine rings is 1. The zero-order chi connectivity index (χ0) is 20.9. The van der Waals surface area contributed by atoms with E-state index in [2.05, 4.69) is 20.6 Å². The van der Waals surface area contributed by atoms with Crippen molar-refractivity contribution < 1.29 is 4.79 Å². The van der Waals surface area contributed by atoms with Gasteiger partial charge in [-0.25, -0.2) is 10.1 Å². The summed E-state index contributed by atoms with van der Waals surface area (Å²) in [5.74, 6) is -0.252. The van der Waals surface area contributed by atoms with Crippen molar-refractivity contribution in [2.24, 2.45) is 5.10 Å². The molecule has 0 aliphatic rings. The molecule has 0 aliphatic heterocycles. The SMILES string of the molecule is Cc1cc(C)n(CC(=O)N/N=C\c2cn(-c3ccccc3)nc2-c2ccncc2)n1. The Labute approximate surface area is 173 Å². The summed E-state index contributed by atoms with van der Waals surface area (Å²) in [7, 11) is 0. The van der Waals surface area contributed by atoms with Crippen molar-refractivity contribution in [3.63, 3.8) is 0 Å². The Balaban J connectivity index is 1.55. The first-order valence-corrected chi connectivity index (χ1v) is 9.48. The van der Waals surface area contributed by atoms with Crippen molar-refractivity contribution >= 4 is 12.1 Å². The molecule has 150 valence electrons. The first kappa shape index (κ1) is 19.3. The molecule has 0 atom stereocenters. The number of hydrazone groups is 1. The smallest absolute Gasteiger partial charge is 0.261 e. The van der Waals surface area contributed by atoms with Gasteiger partial charge in [0.05, 0.1) is 17.6 Å². The van der Waals surface area contributed by atoms with E-state index in [0.29, 0.717) is 0 Å². The maximum atomic E-state index is 12.2. The number of carbonyl (C=O) groups excluding carboxylic acids is 1. The number of amides is 1. The average molecular weight is 399 g/mol. The normalized spacial score (nSPS) is 11.1. The minimum Gasteiger partial charge on any atom is -0.271 e. The average Bonchev–Trinajstić information content (AvgIpc) is 3.32. The second-order valence-electron chi connectivity index (χ2n) is 6.83. The Bertz CT molecular complexity index is 1180. The number of hydrogen-bond acceptors (Lipinski definition) is 5. The molecule has 0 aliphatic carbocycles. The Morgan fingerprint density at radius 2 is 1.87 bits per heavy atom. The van der Waals surface area contributed by atoms with E-state index >= 15 is 0 Å². The van der Waals surface area contributed by atoms with E-state index in [4.69, 9.17) is 5.10 Å². The van der Waals surface area contributed by atoms with E-state index in [1.54, 1.807) is 28.0 Å². The van der Waals surface area contributed by atoms with Crippen LogP contribution < -0.4 is 5.43 Å². The fourth-order valence-electron chi connectivity index (χ4n) is 3.11. The van der Waals surface area contributed by atoms with Crippen molar-refractivity contribution in [3.8, 4) is 16.9 Å². The van der Waals surface area contributed by atoms with Crippen LogP contribution in [0.5, 0.6) is 0 Å². The zero-order valence-corrected chi connectivity index (χ0v) is 16.7. The number of para-hydroxylation sites is 1. The third kappa shape index (κ3) is 4.33. The largest absolute Gasteiger partial charge is 0.271 e. The molecule has 1 amide bonds. The molecule has 0 fully saturated rings. The van der Waals surface area contributed by atoms with Gasteiger partial charge in [-0.15, -0.1) is 0 Å². The van der Waals surface area contributed by atoms with Crippen LogP contribution >= 0.6 is 0 Å². The molecular formula is C22H21N7O. The summed E-state index contributed by atoms with van der Waals surface area (Å²) < 4.78 is 3.44. The summed E-state index contributed by atoms with van der Waals surface area (Å²) in [6, 6.07) is 15.5. The molecule has 3 aromatic heterocycles. The molecular weight excluding hydrogens is 378 g/mol. The highest BCUT2D eigenvalue weighted by molar-refractivity contribution is 5.89. The van der Waals surface area contributed by atoms with Crippen molar-refractivity contribution in [2.45, 2.75) is 20.4 Å². The lowest BCUT2D eigenvalue weighted by atomic mass is 10.1. The number of nitrogens with zero attached hydrogens (tertiary/aromatic N) is 6. The van der Waals surface area contributed by atoms with Gasteiger partial charge in [0.25, 0.3) is 5.91 Å². The van der Waals surface area contributed by atoms with Crippen LogP contribution in [0.4, 0.5) is 0 Å². The summed E-state index contributed by atoms with van der Waals surface area (Å²) in [6.45, 7) is 3.91. The molecule has 30 heavy (non-hydrogen) atoms. The maximum absolute atomic E-state index is 12.2. The van der Waals surface area contributed by atoms with E-state index in [0.717, 1.165) is 33.9 Å². The number of aryl methyl sites for hydroxylation is 2. The lowest BCUT2D eigenvalue weighted by Gasteiger charge is -2.02. The number of benzene rings is 1. The van der Waals surface area contributed by atoms with Gasteiger partial charge < -0.3 is 0 Å². The van der Waals surface area contributed by atoms with Crippen LogP contribution in [-0.2, 0) is 11.3 Å². The molecule has 0 radical (unpaired) electrons. The van der Waals surface area contributed by atoms with E-state index in [9.17, 15) is 4.79 Å². The number of carbonyl (C=O) groups is 1. The molecule has 0 spiro atoms. The zero-order valence-electron chi connectivity index (χ0n) is 16.7. The third-order valence-corrected chi connectivity index (χ3v) is 4.51. The monoisotopic (exact) mass is 399 g/mol. The maximum Gasteiger partial charge on any atom is 0.261 e. The lowest BCUT2D eigenvalue weighted by Crippen LogP contribution is -2.24. The summed E-state index contributed by atoms with van der Waals surface area (Å²) in [6.07, 6.45) is 6.91. The molecule has 1 aromatic carbocycles. The van der Waals surface area contributed by atoms with Crippen LogP contribution in [0.3, 0.4) is 0 Å². The number of aromatic nitrogens is 5. The molecule has 4 aromatic rings. The topological polar surface area (TPSA) is 90.0 Å². The lowest BCUT2D eigenvalue weighted by molar-refractivity contribution is -0.121. The molecule has 0 unspecified atom stereocenters. The number of nitrogens with one attached hydrogen (secondary N) is 1. The Morgan fingerprint density at radius 1 is 1.10 bits per heavy atom. The van der Waals surface area contributed by atoms with Crippen LogP contribution in [0, 0.1) is 13.8 Å². The van der Waals surface area contributed by atoms with E-state index in [1.807, 2.05) is 68.6 Å². The molecule has 1 N–H and O–H groups in total. The Hall–Kier alpha value is -4.07. The highest BCUT2D eigenvalue weighted by atomic mass is 16.2. The van der Waals surface area contributed by atoms with Gasteiger partial charge in [0.2, 0.25) is 0 Å². The van der Waals surface area contributed by atoms with Crippen LogP contribution in [-0.4, -0.2) is 36.7 Å². The van der Waals surface area contributed by atoms with Gasteiger partial charge in [0.15, 0.2) is 0 Å². The van der Waals surface area contributed by atoms with Crippen LogP contribution in [0.1, 0.15) is 17.0 Å². The van der Waals surface area contributed by atoms with E-state index < -0.39 is 0 Å². The number of rotatable bonds is 6. The van der Waals surface area contributed by atoms with Gasteiger partial charge in [0.1, 0.15) is 12.2 Å². The summed E-state index contributed by atoms with van der Waals surface area (Å²) in [5.41, 5.74) is 7.73. The minimum atomic E-state index is -0.252. The standard InChI is InChI=1S/C22H21N7O/c1-16-12-17(2)28(26-16)15-21(30)25-24-13-19-14-29(20-6-4-3-5-7-20)27-22(19)18-8-10-23-11-9-18/h3-14H,15H2,1-2H3,(H,25,30)/b24-13-. The predicted octanol–water partition coefficient (Wildman–Crippen LogP) is 2.90. The third-order valence-electron chi connectivity index (χ3n) is 4.51. The fraction of sp³-hybridized carbons (Fsp3) is 0.136. The highest BCUT2D eigenvalue weighted by Gasteiger charge is 2.11. The quantitative estimate of drug-likeness (QED) is 0.399. The van der Waals surface area contributed by atoms with E-state index in [-0.39, 0.29) is 12.5 Å². The molecule has 8 heteroatoms. The van der Waals surface area contributed by atoms with Gasteiger partial charge in [0, 0.05) is 35.4 Å². The van der Waals surface area contributed by atoms with Crippen molar-refractivity contribution in [1.82, 2.24) is 30.0 Å². The van der Waals surface area contributed by atoms with Crippen molar-refractivity contribution in [3.05, 3.63) is 84.1 Å². The second kappa shape index (κ2) is 8.52.